The van der Waals surface area contributed by atoms with Crippen LogP contribution in [0.25, 0.3) is 0 Å². The fraction of sp³-hybridized carbons (Fsp3) is 0.688. The lowest BCUT2D eigenvalue weighted by atomic mass is 10.1. The van der Waals surface area contributed by atoms with Crippen LogP contribution in [0.4, 0.5) is 0 Å². The third kappa shape index (κ3) is 11.4. The summed E-state index contributed by atoms with van der Waals surface area (Å²) in [6, 6.07) is 0. The van der Waals surface area contributed by atoms with Gasteiger partial charge in [0.05, 0.1) is 0 Å². The SMILES string of the molecule is CCC=CC=CCCCC(CCCC)OC(C)=O. The molecule has 0 aliphatic heterocycles. The molecule has 0 aromatic rings. The van der Waals surface area contributed by atoms with Crippen molar-refractivity contribution in [2.45, 2.75) is 71.8 Å². The summed E-state index contributed by atoms with van der Waals surface area (Å²) < 4.78 is 5.32. The monoisotopic (exact) mass is 252 g/mol. The van der Waals surface area contributed by atoms with Crippen molar-refractivity contribution in [3.63, 3.8) is 0 Å². The number of esters is 1. The number of hydrogen-bond acceptors (Lipinski definition) is 2. The highest BCUT2D eigenvalue weighted by molar-refractivity contribution is 5.66. The zero-order valence-electron chi connectivity index (χ0n) is 12.2. The van der Waals surface area contributed by atoms with Gasteiger partial charge in [-0.2, -0.15) is 0 Å². The van der Waals surface area contributed by atoms with Crippen LogP contribution in [0.1, 0.15) is 65.7 Å². The van der Waals surface area contributed by atoms with Crippen LogP contribution in [-0.2, 0) is 9.53 Å². The van der Waals surface area contributed by atoms with E-state index in [1.807, 2.05) is 0 Å². The topological polar surface area (TPSA) is 26.3 Å². The van der Waals surface area contributed by atoms with Gasteiger partial charge in [0.15, 0.2) is 0 Å². The van der Waals surface area contributed by atoms with Crippen LogP contribution in [0.2, 0.25) is 0 Å². The van der Waals surface area contributed by atoms with Gasteiger partial charge in [-0.05, 0) is 32.1 Å². The van der Waals surface area contributed by atoms with Crippen LogP contribution in [-0.4, -0.2) is 12.1 Å². The largest absolute Gasteiger partial charge is 0.463 e. The molecule has 0 spiro atoms. The Kier molecular flexibility index (Phi) is 11.7. The van der Waals surface area contributed by atoms with Gasteiger partial charge in [-0.25, -0.2) is 0 Å². The van der Waals surface area contributed by atoms with Crippen molar-refractivity contribution in [2.75, 3.05) is 0 Å². The van der Waals surface area contributed by atoms with E-state index in [-0.39, 0.29) is 12.1 Å². The van der Waals surface area contributed by atoms with Gasteiger partial charge in [0.25, 0.3) is 0 Å². The molecule has 0 saturated heterocycles. The highest BCUT2D eigenvalue weighted by atomic mass is 16.5. The molecule has 18 heavy (non-hydrogen) atoms. The predicted molar refractivity (Wildman–Crippen MR) is 77.5 cm³/mol. The second kappa shape index (κ2) is 12.4. The Hall–Kier alpha value is -1.05. The lowest BCUT2D eigenvalue weighted by Crippen LogP contribution is -2.16. The van der Waals surface area contributed by atoms with E-state index in [4.69, 9.17) is 4.74 Å². The third-order valence-electron chi connectivity index (χ3n) is 2.73. The molecule has 0 rings (SSSR count). The van der Waals surface area contributed by atoms with E-state index in [1.54, 1.807) is 0 Å². The third-order valence-corrected chi connectivity index (χ3v) is 2.73. The van der Waals surface area contributed by atoms with Crippen molar-refractivity contribution in [2.24, 2.45) is 0 Å². The first kappa shape index (κ1) is 16.9. The van der Waals surface area contributed by atoms with Gasteiger partial charge in [-0.1, -0.05) is 51.0 Å². The minimum absolute atomic E-state index is 0.113. The first-order valence-electron chi connectivity index (χ1n) is 7.19. The van der Waals surface area contributed by atoms with Crippen LogP contribution in [0.5, 0.6) is 0 Å². The minimum Gasteiger partial charge on any atom is -0.463 e. The van der Waals surface area contributed by atoms with Gasteiger partial charge in [-0.3, -0.25) is 4.79 Å². The fourth-order valence-electron chi connectivity index (χ4n) is 1.78. The Morgan fingerprint density at radius 3 is 2.39 bits per heavy atom. The van der Waals surface area contributed by atoms with Crippen molar-refractivity contribution in [3.05, 3.63) is 24.3 Å². The van der Waals surface area contributed by atoms with Gasteiger partial charge < -0.3 is 4.74 Å². The van der Waals surface area contributed by atoms with E-state index >= 15 is 0 Å². The molecule has 0 saturated carbocycles. The van der Waals surface area contributed by atoms with Crippen molar-refractivity contribution < 1.29 is 9.53 Å². The molecule has 1 atom stereocenters. The molecule has 2 heteroatoms. The standard InChI is InChI=1S/C16H28O2/c1-4-6-8-9-10-11-12-14-16(13-7-5-2)18-15(3)17/h6,8-10,16H,4-5,7,11-14H2,1-3H3. The Labute approximate surface area is 112 Å². The van der Waals surface area contributed by atoms with Crippen LogP contribution in [0, 0.1) is 0 Å². The number of carbonyl (C=O) groups excluding carboxylic acids is 1. The highest BCUT2D eigenvalue weighted by Crippen LogP contribution is 2.13. The zero-order chi connectivity index (χ0) is 13.6. The molecule has 0 radical (unpaired) electrons. The molecular weight excluding hydrogens is 224 g/mol. The van der Waals surface area contributed by atoms with E-state index in [9.17, 15) is 4.79 Å². The Morgan fingerprint density at radius 1 is 1.11 bits per heavy atom. The second-order valence-electron chi connectivity index (χ2n) is 4.57. The maximum absolute atomic E-state index is 11.0. The van der Waals surface area contributed by atoms with E-state index in [0.717, 1.165) is 44.9 Å². The Balaban J connectivity index is 3.77. The Bertz CT molecular complexity index is 254. The second-order valence-corrected chi connectivity index (χ2v) is 4.57. The average molecular weight is 252 g/mol. The number of ether oxygens (including phenoxy) is 1. The van der Waals surface area contributed by atoms with Crippen LogP contribution >= 0.6 is 0 Å². The summed E-state index contributed by atoms with van der Waals surface area (Å²) in [5.74, 6) is -0.155. The molecule has 104 valence electrons. The number of hydrogen-bond donors (Lipinski definition) is 0. The van der Waals surface area contributed by atoms with Gasteiger partial charge >= 0.3 is 5.97 Å². The molecular formula is C16H28O2. The molecule has 0 aromatic carbocycles. The van der Waals surface area contributed by atoms with Crippen LogP contribution < -0.4 is 0 Å². The van der Waals surface area contributed by atoms with Gasteiger partial charge in [0, 0.05) is 6.92 Å². The molecule has 0 aromatic heterocycles. The summed E-state index contributed by atoms with van der Waals surface area (Å²) in [6.07, 6.45) is 16.1. The molecule has 0 N–H and O–H groups in total. The van der Waals surface area contributed by atoms with Gasteiger partial charge in [0.1, 0.15) is 6.10 Å². The number of unbranched alkanes of at least 4 members (excludes halogenated alkanes) is 2. The van der Waals surface area contributed by atoms with E-state index < -0.39 is 0 Å². The van der Waals surface area contributed by atoms with Gasteiger partial charge in [0.2, 0.25) is 0 Å². The van der Waals surface area contributed by atoms with Crippen LogP contribution in [0.15, 0.2) is 24.3 Å². The molecule has 0 heterocycles. The lowest BCUT2D eigenvalue weighted by Gasteiger charge is -2.16. The molecule has 0 aliphatic carbocycles. The first-order valence-corrected chi connectivity index (χ1v) is 7.19. The fourth-order valence-corrected chi connectivity index (χ4v) is 1.78. The maximum atomic E-state index is 11.0. The molecule has 0 fully saturated rings. The number of allylic oxidation sites excluding steroid dienone is 4. The smallest absolute Gasteiger partial charge is 0.302 e. The van der Waals surface area contributed by atoms with E-state index in [2.05, 4.69) is 38.2 Å². The maximum Gasteiger partial charge on any atom is 0.302 e. The molecule has 2 nitrogen and oxygen atoms in total. The lowest BCUT2D eigenvalue weighted by molar-refractivity contribution is -0.147. The van der Waals surface area contributed by atoms with Crippen molar-refractivity contribution in [3.8, 4) is 0 Å². The number of rotatable bonds is 10. The summed E-state index contributed by atoms with van der Waals surface area (Å²) in [4.78, 5) is 11.0. The van der Waals surface area contributed by atoms with Crippen LogP contribution in [0.3, 0.4) is 0 Å². The summed E-state index contributed by atoms with van der Waals surface area (Å²) in [7, 11) is 0. The zero-order valence-corrected chi connectivity index (χ0v) is 12.2. The summed E-state index contributed by atoms with van der Waals surface area (Å²) in [5.41, 5.74) is 0. The molecule has 0 amide bonds. The van der Waals surface area contributed by atoms with E-state index in [1.165, 1.54) is 6.92 Å². The average Bonchev–Trinajstić information content (AvgIpc) is 2.34. The predicted octanol–water partition coefficient (Wildman–Crippen LogP) is 4.80. The van der Waals surface area contributed by atoms with E-state index in [0.29, 0.717) is 0 Å². The summed E-state index contributed by atoms with van der Waals surface area (Å²) in [6.45, 7) is 5.78. The van der Waals surface area contributed by atoms with Crippen molar-refractivity contribution in [1.82, 2.24) is 0 Å². The minimum atomic E-state index is -0.155. The highest BCUT2D eigenvalue weighted by Gasteiger charge is 2.10. The quantitative estimate of drug-likeness (QED) is 0.317. The van der Waals surface area contributed by atoms with Gasteiger partial charge in [-0.15, -0.1) is 0 Å². The van der Waals surface area contributed by atoms with Crippen molar-refractivity contribution >= 4 is 5.97 Å². The Morgan fingerprint density at radius 2 is 1.78 bits per heavy atom. The van der Waals surface area contributed by atoms with Crippen molar-refractivity contribution in [1.29, 1.82) is 0 Å². The normalized spacial score (nSPS) is 13.3. The summed E-state index contributed by atoms with van der Waals surface area (Å²) >= 11 is 0. The molecule has 1 unspecified atom stereocenters. The molecule has 0 aliphatic rings. The first-order chi connectivity index (χ1) is 8.70. The summed E-state index contributed by atoms with van der Waals surface area (Å²) in [5, 5.41) is 0. The number of carbonyl (C=O) groups is 1. The molecule has 0 bridgehead atoms.